The summed E-state index contributed by atoms with van der Waals surface area (Å²) in [5.41, 5.74) is 24.7. The second-order valence-corrected chi connectivity index (χ2v) is 12.3. The highest BCUT2D eigenvalue weighted by atomic mass is 15.4. The molecule has 5 rings (SSSR count). The van der Waals surface area contributed by atoms with Crippen molar-refractivity contribution >= 4 is 22.8 Å². The number of hydrazine groups is 2. The van der Waals surface area contributed by atoms with Gasteiger partial charge in [-0.05, 0) is 51.0 Å². The lowest BCUT2D eigenvalue weighted by molar-refractivity contribution is 0.298. The number of rotatable bonds is 6. The average molecular weight is 679 g/mol. The molecule has 8 nitrogen and oxygen atoms in total. The lowest BCUT2D eigenvalue weighted by atomic mass is 9.95. The van der Waals surface area contributed by atoms with Gasteiger partial charge in [0.1, 0.15) is 0 Å². The highest BCUT2D eigenvalue weighted by Gasteiger charge is 2.26. The number of allylic oxidation sites excluding steroid dienone is 2. The van der Waals surface area contributed by atoms with E-state index in [1.54, 1.807) is 16.1 Å². The van der Waals surface area contributed by atoms with E-state index in [4.69, 9.17) is 23.2 Å². The lowest BCUT2D eigenvalue weighted by Gasteiger charge is -2.34. The molecular weight excluding hydrogens is 617 g/mol. The summed E-state index contributed by atoms with van der Waals surface area (Å²) in [4.78, 5) is 4.37. The molecular formula is C42H62N8. The Balaban J connectivity index is 0.000000316. The molecule has 0 saturated carbocycles. The maximum atomic E-state index is 6.61. The summed E-state index contributed by atoms with van der Waals surface area (Å²) in [6, 6.07) is 24.9. The van der Waals surface area contributed by atoms with E-state index in [9.17, 15) is 0 Å². The minimum Gasteiger partial charge on any atom is -0.396 e. The van der Waals surface area contributed by atoms with E-state index in [2.05, 4.69) is 80.3 Å². The van der Waals surface area contributed by atoms with Crippen molar-refractivity contribution in [3.63, 3.8) is 0 Å². The van der Waals surface area contributed by atoms with E-state index in [1.807, 2.05) is 91.1 Å². The third-order valence-electron chi connectivity index (χ3n) is 8.48. The van der Waals surface area contributed by atoms with Gasteiger partial charge in [0, 0.05) is 72.9 Å². The van der Waals surface area contributed by atoms with E-state index in [-0.39, 0.29) is 12.1 Å². The van der Waals surface area contributed by atoms with Crippen LogP contribution in [0.3, 0.4) is 0 Å². The quantitative estimate of drug-likeness (QED) is 0.153. The number of likely N-dealkylation sites (N-methyl/N-ethyl adjacent to an activating group) is 1. The van der Waals surface area contributed by atoms with Crippen molar-refractivity contribution < 1.29 is 0 Å². The van der Waals surface area contributed by atoms with E-state index in [0.29, 0.717) is 5.70 Å². The van der Waals surface area contributed by atoms with Crippen molar-refractivity contribution in [2.75, 3.05) is 19.0 Å². The zero-order chi connectivity index (χ0) is 37.7. The Hall–Kier alpha value is -4.92. The Morgan fingerprint density at radius 1 is 0.600 bits per heavy atom. The fraction of sp³-hybridized carbons (Fsp3) is 0.333. The predicted molar refractivity (Wildman–Crippen MR) is 217 cm³/mol. The van der Waals surface area contributed by atoms with Gasteiger partial charge in [0.25, 0.3) is 0 Å². The van der Waals surface area contributed by atoms with Crippen molar-refractivity contribution in [3.05, 3.63) is 143 Å². The van der Waals surface area contributed by atoms with Crippen LogP contribution in [0.1, 0.15) is 83.2 Å². The molecule has 8 N–H and O–H groups in total. The van der Waals surface area contributed by atoms with Crippen LogP contribution in [0.15, 0.2) is 115 Å². The van der Waals surface area contributed by atoms with Gasteiger partial charge in [-0.1, -0.05) is 114 Å². The van der Waals surface area contributed by atoms with Gasteiger partial charge in [-0.15, -0.1) is 0 Å². The van der Waals surface area contributed by atoms with E-state index >= 15 is 0 Å². The number of hydrogen-bond acceptors (Lipinski definition) is 8. The molecule has 2 aliphatic rings. The number of nitrogens with zero attached hydrogens (tertiary/aromatic N) is 4. The second-order valence-electron chi connectivity index (χ2n) is 12.3. The summed E-state index contributed by atoms with van der Waals surface area (Å²) >= 11 is 0. The Morgan fingerprint density at radius 3 is 1.54 bits per heavy atom. The fourth-order valence-corrected chi connectivity index (χ4v) is 5.94. The van der Waals surface area contributed by atoms with Crippen LogP contribution in [-0.4, -0.2) is 41.1 Å². The first-order valence-corrected chi connectivity index (χ1v) is 17.7. The SMILES string of the molecule is C=CC1=C(\C=C)N(C)Cc2ccccc2/C(N)=C\1N(N)C(C)C.CC.CC.CC(C)N(N)/C1=C(\N)c2ccccc2N(C)Cc2ccccc21. The molecule has 3 aromatic carbocycles. The molecule has 0 spiro atoms. The summed E-state index contributed by atoms with van der Waals surface area (Å²) in [6.07, 6.45) is 3.62. The molecule has 2 aliphatic heterocycles. The minimum absolute atomic E-state index is 0.0986. The van der Waals surface area contributed by atoms with Crippen LogP contribution in [0.4, 0.5) is 5.69 Å². The molecule has 50 heavy (non-hydrogen) atoms. The molecule has 3 aromatic rings. The number of benzene rings is 3. The van der Waals surface area contributed by atoms with Crippen molar-refractivity contribution in [1.29, 1.82) is 0 Å². The topological polar surface area (TPSA) is 117 Å². The monoisotopic (exact) mass is 679 g/mol. The highest BCUT2D eigenvalue weighted by Crippen LogP contribution is 2.36. The van der Waals surface area contributed by atoms with Gasteiger partial charge < -0.3 is 31.3 Å². The van der Waals surface area contributed by atoms with Crippen LogP contribution in [0.2, 0.25) is 0 Å². The standard InChI is InChI=1S/C19H24N4.C19H26N4.2C2H6/c1-13(2)23(21)19-15-9-5-4-8-14(15)12-22(3)17-11-7-6-10-16(17)18(19)20;1-6-15-17(7-2)22(5)12-14-10-8-9-11-16(14)18(20)19(15)23(21)13(3)4;2*1-2/h4-11,13H,12,20-21H2,1-3H3;6-11,13H,1-2,12,20-21H2,3-5H3;2*1-2H3/b19-18-;17-15-,19-18-;;. The van der Waals surface area contributed by atoms with Crippen LogP contribution in [0.25, 0.3) is 17.1 Å². The largest absolute Gasteiger partial charge is 0.396 e. The Morgan fingerprint density at radius 2 is 1.02 bits per heavy atom. The molecule has 0 fully saturated rings. The fourth-order valence-electron chi connectivity index (χ4n) is 5.94. The highest BCUT2D eigenvalue weighted by molar-refractivity contribution is 5.93. The van der Waals surface area contributed by atoms with E-state index in [0.717, 1.165) is 69.4 Å². The van der Waals surface area contributed by atoms with Gasteiger partial charge in [0.2, 0.25) is 0 Å². The molecule has 0 atom stereocenters. The molecule has 0 amide bonds. The Labute approximate surface area is 302 Å². The molecule has 0 radical (unpaired) electrons. The van der Waals surface area contributed by atoms with Crippen LogP contribution in [0.5, 0.6) is 0 Å². The molecule has 0 bridgehead atoms. The molecule has 8 heteroatoms. The summed E-state index contributed by atoms with van der Waals surface area (Å²) in [7, 11) is 4.13. The number of para-hydroxylation sites is 1. The molecule has 0 saturated heterocycles. The lowest BCUT2D eigenvalue weighted by Crippen LogP contribution is -2.39. The maximum Gasteiger partial charge on any atom is 0.0848 e. The third-order valence-corrected chi connectivity index (χ3v) is 8.48. The van der Waals surface area contributed by atoms with Crippen LogP contribution in [-0.2, 0) is 13.1 Å². The average Bonchev–Trinajstić information content (AvgIpc) is 3.13. The number of fused-ring (bicyclic) bond motifs is 3. The summed E-state index contributed by atoms with van der Waals surface area (Å²) < 4.78 is 0. The van der Waals surface area contributed by atoms with Crippen LogP contribution < -0.4 is 28.1 Å². The predicted octanol–water partition coefficient (Wildman–Crippen LogP) is 8.03. The normalized spacial score (nSPS) is 18.1. The van der Waals surface area contributed by atoms with Crippen LogP contribution >= 0.6 is 0 Å². The molecule has 2 heterocycles. The van der Waals surface area contributed by atoms with Gasteiger partial charge in [-0.2, -0.15) is 0 Å². The van der Waals surface area contributed by atoms with Crippen molar-refractivity contribution in [2.24, 2.45) is 23.2 Å². The molecule has 0 unspecified atom stereocenters. The Kier molecular flexibility index (Phi) is 15.9. The van der Waals surface area contributed by atoms with E-state index < -0.39 is 0 Å². The molecule has 0 aliphatic carbocycles. The zero-order valence-electron chi connectivity index (χ0n) is 32.2. The van der Waals surface area contributed by atoms with E-state index in [1.165, 1.54) is 5.56 Å². The first-order valence-electron chi connectivity index (χ1n) is 17.7. The number of anilines is 1. The summed E-state index contributed by atoms with van der Waals surface area (Å²) in [5, 5.41) is 3.47. The van der Waals surface area contributed by atoms with Gasteiger partial charge in [-0.25, -0.2) is 11.7 Å². The van der Waals surface area contributed by atoms with Crippen molar-refractivity contribution in [2.45, 2.75) is 80.6 Å². The smallest absolute Gasteiger partial charge is 0.0848 e. The Bertz CT molecular complexity index is 1680. The zero-order valence-corrected chi connectivity index (χ0v) is 32.2. The van der Waals surface area contributed by atoms with Crippen LogP contribution in [0, 0.1) is 0 Å². The van der Waals surface area contributed by atoms with Gasteiger partial charge in [-0.3, -0.25) is 0 Å². The van der Waals surface area contributed by atoms with Crippen molar-refractivity contribution in [1.82, 2.24) is 14.9 Å². The summed E-state index contributed by atoms with van der Waals surface area (Å²) in [5.74, 6) is 12.7. The van der Waals surface area contributed by atoms with Gasteiger partial charge in [0.05, 0.1) is 22.8 Å². The molecule has 270 valence electrons. The number of hydrogen-bond donors (Lipinski definition) is 4. The number of nitrogens with two attached hydrogens (primary N) is 4. The van der Waals surface area contributed by atoms with Gasteiger partial charge >= 0.3 is 0 Å². The summed E-state index contributed by atoms with van der Waals surface area (Å²) in [6.45, 7) is 25.7. The molecule has 0 aromatic heterocycles. The van der Waals surface area contributed by atoms with Gasteiger partial charge in [0.15, 0.2) is 0 Å². The maximum absolute atomic E-state index is 6.61. The third kappa shape index (κ3) is 9.00. The second kappa shape index (κ2) is 19.3. The van der Waals surface area contributed by atoms with Crippen molar-refractivity contribution in [3.8, 4) is 0 Å². The minimum atomic E-state index is 0.0986. The first kappa shape index (κ1) is 41.3. The first-order chi connectivity index (χ1) is 23.9.